The van der Waals surface area contributed by atoms with Crippen molar-refractivity contribution in [2.24, 2.45) is 0 Å². The molecular formula is C26H27N3O2. The van der Waals surface area contributed by atoms with Crippen molar-refractivity contribution >= 4 is 11.7 Å². The number of carbonyl (C=O) groups is 1. The summed E-state index contributed by atoms with van der Waals surface area (Å²) in [6, 6.07) is 15.2. The molecule has 1 saturated carbocycles. The molecule has 2 aliphatic carbocycles. The highest BCUT2D eigenvalue weighted by Crippen LogP contribution is 2.38. The lowest BCUT2D eigenvalue weighted by molar-refractivity contribution is -0.115. The van der Waals surface area contributed by atoms with Crippen molar-refractivity contribution in [1.82, 2.24) is 9.97 Å². The number of hydrogen-bond donors (Lipinski definition) is 2. The minimum Gasteiger partial charge on any atom is -0.508 e. The van der Waals surface area contributed by atoms with E-state index in [1.54, 1.807) is 24.3 Å². The Morgan fingerprint density at radius 1 is 0.968 bits per heavy atom. The molecule has 1 aromatic heterocycles. The second-order valence-corrected chi connectivity index (χ2v) is 8.64. The molecule has 1 amide bonds. The minimum absolute atomic E-state index is 0.104. The van der Waals surface area contributed by atoms with Crippen molar-refractivity contribution in [3.63, 3.8) is 0 Å². The molecule has 0 unspecified atom stereocenters. The van der Waals surface area contributed by atoms with Gasteiger partial charge in [0, 0.05) is 11.5 Å². The van der Waals surface area contributed by atoms with Gasteiger partial charge in [0.05, 0.1) is 23.5 Å². The van der Waals surface area contributed by atoms with Crippen LogP contribution in [0.4, 0.5) is 5.82 Å². The van der Waals surface area contributed by atoms with E-state index in [-0.39, 0.29) is 18.1 Å². The van der Waals surface area contributed by atoms with Crippen molar-refractivity contribution in [2.75, 3.05) is 5.32 Å². The number of rotatable bonds is 4. The van der Waals surface area contributed by atoms with Gasteiger partial charge in [0.25, 0.3) is 0 Å². The molecule has 0 radical (unpaired) electrons. The summed E-state index contributed by atoms with van der Waals surface area (Å²) in [6.07, 6.45) is 7.87. The maximum absolute atomic E-state index is 12.8. The van der Waals surface area contributed by atoms with Crippen LogP contribution in [0.3, 0.4) is 0 Å². The maximum Gasteiger partial charge on any atom is 0.229 e. The number of anilines is 1. The number of nitrogens with one attached hydrogen (secondary N) is 1. The third-order valence-electron chi connectivity index (χ3n) is 6.45. The fourth-order valence-electron chi connectivity index (χ4n) is 4.82. The number of carbonyl (C=O) groups excluding carboxylic acids is 1. The normalized spacial score (nSPS) is 15.7. The van der Waals surface area contributed by atoms with Crippen LogP contribution in [-0.2, 0) is 24.1 Å². The second-order valence-electron chi connectivity index (χ2n) is 8.64. The van der Waals surface area contributed by atoms with Gasteiger partial charge >= 0.3 is 0 Å². The Balaban J connectivity index is 1.48. The average Bonchev–Trinajstić information content (AvgIpc) is 2.80. The van der Waals surface area contributed by atoms with Gasteiger partial charge in [-0.05, 0) is 48.9 Å². The lowest BCUT2D eigenvalue weighted by Crippen LogP contribution is -2.21. The number of aromatic hydroxyl groups is 1. The lowest BCUT2D eigenvalue weighted by atomic mass is 9.85. The molecular weight excluding hydrogens is 386 g/mol. The molecule has 1 fully saturated rings. The van der Waals surface area contributed by atoms with Crippen LogP contribution in [-0.4, -0.2) is 21.0 Å². The minimum atomic E-state index is -0.104. The van der Waals surface area contributed by atoms with Gasteiger partial charge in [-0.1, -0.05) is 55.7 Å². The zero-order valence-corrected chi connectivity index (χ0v) is 17.6. The van der Waals surface area contributed by atoms with Gasteiger partial charge in [-0.15, -0.1) is 0 Å². The van der Waals surface area contributed by atoms with Gasteiger partial charge in [-0.25, -0.2) is 9.97 Å². The lowest BCUT2D eigenvalue weighted by Gasteiger charge is -2.26. The Morgan fingerprint density at radius 3 is 2.55 bits per heavy atom. The third-order valence-corrected chi connectivity index (χ3v) is 6.45. The molecule has 0 atom stereocenters. The molecule has 2 aliphatic rings. The smallest absolute Gasteiger partial charge is 0.229 e. The van der Waals surface area contributed by atoms with E-state index in [1.165, 1.54) is 30.4 Å². The summed E-state index contributed by atoms with van der Waals surface area (Å²) < 4.78 is 0. The number of hydrogen-bond acceptors (Lipinski definition) is 4. The van der Waals surface area contributed by atoms with Gasteiger partial charge in [0.15, 0.2) is 5.82 Å². The van der Waals surface area contributed by atoms with Crippen LogP contribution in [0, 0.1) is 0 Å². The Labute approximate surface area is 182 Å². The topological polar surface area (TPSA) is 75.1 Å². The van der Waals surface area contributed by atoms with Crippen LogP contribution < -0.4 is 5.32 Å². The molecule has 3 aromatic rings. The molecule has 158 valence electrons. The summed E-state index contributed by atoms with van der Waals surface area (Å²) in [4.78, 5) is 22.9. The summed E-state index contributed by atoms with van der Waals surface area (Å²) >= 11 is 0. The zero-order valence-electron chi connectivity index (χ0n) is 17.6. The van der Waals surface area contributed by atoms with E-state index in [0.717, 1.165) is 48.3 Å². The molecule has 2 aromatic carbocycles. The van der Waals surface area contributed by atoms with E-state index in [0.29, 0.717) is 11.7 Å². The SMILES string of the molecule is O=C(Cc1ccc(O)cc1)Nc1nc2c(nc1C1CCCCC1)-c1ccccc1CC2. The van der Waals surface area contributed by atoms with E-state index in [9.17, 15) is 9.90 Å². The third kappa shape index (κ3) is 4.18. The highest BCUT2D eigenvalue weighted by Gasteiger charge is 2.27. The molecule has 5 heteroatoms. The molecule has 2 N–H and O–H groups in total. The number of aryl methyl sites for hydroxylation is 2. The second kappa shape index (κ2) is 8.50. The fraction of sp³-hybridized carbons (Fsp3) is 0.346. The molecule has 0 bridgehead atoms. The predicted molar refractivity (Wildman–Crippen MR) is 121 cm³/mol. The van der Waals surface area contributed by atoms with Crippen molar-refractivity contribution < 1.29 is 9.90 Å². The van der Waals surface area contributed by atoms with E-state index in [2.05, 4.69) is 29.6 Å². The largest absolute Gasteiger partial charge is 0.508 e. The summed E-state index contributed by atoms with van der Waals surface area (Å²) in [7, 11) is 0. The number of phenolic OH excluding ortho intramolecular Hbond substituents is 1. The summed E-state index contributed by atoms with van der Waals surface area (Å²) in [5, 5.41) is 12.5. The molecule has 5 rings (SSSR count). The van der Waals surface area contributed by atoms with E-state index >= 15 is 0 Å². The van der Waals surface area contributed by atoms with Crippen LogP contribution in [0.5, 0.6) is 5.75 Å². The first-order valence-corrected chi connectivity index (χ1v) is 11.2. The van der Waals surface area contributed by atoms with Crippen LogP contribution in [0.2, 0.25) is 0 Å². The summed E-state index contributed by atoms with van der Waals surface area (Å²) in [5.74, 6) is 1.07. The van der Waals surface area contributed by atoms with E-state index in [1.807, 2.05) is 0 Å². The zero-order chi connectivity index (χ0) is 21.2. The molecule has 1 heterocycles. The maximum atomic E-state index is 12.8. The van der Waals surface area contributed by atoms with Crippen LogP contribution in [0.15, 0.2) is 48.5 Å². The highest BCUT2D eigenvalue weighted by molar-refractivity contribution is 5.92. The van der Waals surface area contributed by atoms with E-state index < -0.39 is 0 Å². The number of aromatic nitrogens is 2. The molecule has 5 nitrogen and oxygen atoms in total. The first-order valence-electron chi connectivity index (χ1n) is 11.2. The molecule has 0 saturated heterocycles. The monoisotopic (exact) mass is 413 g/mol. The van der Waals surface area contributed by atoms with E-state index in [4.69, 9.17) is 9.97 Å². The molecule has 0 spiro atoms. The van der Waals surface area contributed by atoms with Crippen molar-refractivity contribution in [1.29, 1.82) is 0 Å². The first-order chi connectivity index (χ1) is 15.2. The fourth-order valence-corrected chi connectivity index (χ4v) is 4.82. The van der Waals surface area contributed by atoms with Crippen molar-refractivity contribution in [3.05, 3.63) is 71.0 Å². The Morgan fingerprint density at radius 2 is 1.74 bits per heavy atom. The van der Waals surface area contributed by atoms with Gasteiger partial charge in [0.1, 0.15) is 5.75 Å². The van der Waals surface area contributed by atoms with Crippen LogP contribution in [0.1, 0.15) is 60.5 Å². The highest BCUT2D eigenvalue weighted by atomic mass is 16.3. The average molecular weight is 414 g/mol. The number of amides is 1. The summed E-state index contributed by atoms with van der Waals surface area (Å²) in [5.41, 5.74) is 6.25. The van der Waals surface area contributed by atoms with Gasteiger partial charge in [-0.3, -0.25) is 4.79 Å². The first kappa shape index (κ1) is 19.7. The summed E-state index contributed by atoms with van der Waals surface area (Å²) in [6.45, 7) is 0. The van der Waals surface area contributed by atoms with Gasteiger partial charge in [-0.2, -0.15) is 0 Å². The van der Waals surface area contributed by atoms with Crippen LogP contribution in [0.25, 0.3) is 11.3 Å². The Kier molecular flexibility index (Phi) is 5.41. The molecule has 0 aliphatic heterocycles. The van der Waals surface area contributed by atoms with Crippen LogP contribution >= 0.6 is 0 Å². The Bertz CT molecular complexity index is 1100. The number of fused-ring (bicyclic) bond motifs is 3. The number of nitrogens with zero attached hydrogens (tertiary/aromatic N) is 2. The standard InChI is InChI=1S/C26H27N3O2/c30-20-13-10-17(11-14-20)16-23(31)28-26-24(19-7-2-1-3-8-19)29-25-21-9-5-4-6-18(21)12-15-22(25)27-26/h4-6,9-11,13-14,19,30H,1-3,7-8,12,15-16H2,(H,27,28,31). The Hall–Kier alpha value is -3.21. The number of phenols is 1. The van der Waals surface area contributed by atoms with Gasteiger partial charge in [0.2, 0.25) is 5.91 Å². The van der Waals surface area contributed by atoms with Gasteiger partial charge < -0.3 is 10.4 Å². The number of benzene rings is 2. The quantitative estimate of drug-likeness (QED) is 0.618. The molecule has 31 heavy (non-hydrogen) atoms. The van der Waals surface area contributed by atoms with Crippen molar-refractivity contribution in [3.8, 4) is 17.0 Å². The predicted octanol–water partition coefficient (Wildman–Crippen LogP) is 5.18. The van der Waals surface area contributed by atoms with Crippen molar-refractivity contribution in [2.45, 2.75) is 57.3 Å².